The van der Waals surface area contributed by atoms with Crippen LogP contribution in [0.25, 0.3) is 0 Å². The summed E-state index contributed by atoms with van der Waals surface area (Å²) < 4.78 is 0. The first-order chi connectivity index (χ1) is 11.5. The van der Waals surface area contributed by atoms with Crippen LogP contribution >= 0.6 is 11.3 Å². The van der Waals surface area contributed by atoms with Crippen LogP contribution < -0.4 is 5.32 Å². The van der Waals surface area contributed by atoms with Gasteiger partial charge in [-0.25, -0.2) is 4.79 Å². The molecule has 1 aromatic carbocycles. The predicted molar refractivity (Wildman–Crippen MR) is 92.7 cm³/mol. The lowest BCUT2D eigenvalue weighted by Crippen LogP contribution is -2.41. The number of thiophene rings is 1. The topological polar surface area (TPSA) is 69.6 Å². The van der Waals surface area contributed by atoms with Gasteiger partial charge in [0.15, 0.2) is 0 Å². The standard InChI is InChI=1S/C18H20N2O3S/c1-18(14-9-10-24-12-14)16(22)20(17(23)19-18)11-15(21)8-7-13-5-3-2-4-6-13/h2-6,9-10,12,15,21H,7-8,11H2,1H3,(H,19,23)/t15-,18+/m1/s1. The fourth-order valence-corrected chi connectivity index (χ4v) is 3.65. The second kappa shape index (κ2) is 6.75. The number of imide groups is 1. The molecule has 2 N–H and O–H groups in total. The number of β-amino-alcohol motifs (C(OH)–C–C–N with tert-alkyl or cyclic N) is 1. The van der Waals surface area contributed by atoms with Crippen molar-refractivity contribution in [1.29, 1.82) is 0 Å². The van der Waals surface area contributed by atoms with Crippen LogP contribution in [0.4, 0.5) is 4.79 Å². The zero-order chi connectivity index (χ0) is 17.2. The zero-order valence-corrected chi connectivity index (χ0v) is 14.3. The van der Waals surface area contributed by atoms with Gasteiger partial charge in [0.05, 0.1) is 12.6 Å². The molecule has 0 radical (unpaired) electrons. The lowest BCUT2D eigenvalue weighted by molar-refractivity contribution is -0.132. The molecule has 3 rings (SSSR count). The molecule has 2 atom stereocenters. The number of urea groups is 1. The molecule has 1 aliphatic heterocycles. The summed E-state index contributed by atoms with van der Waals surface area (Å²) in [5.41, 5.74) is 0.847. The molecule has 1 saturated heterocycles. The molecule has 6 heteroatoms. The van der Waals surface area contributed by atoms with Gasteiger partial charge in [-0.05, 0) is 47.7 Å². The molecule has 5 nitrogen and oxygen atoms in total. The lowest BCUT2D eigenvalue weighted by Gasteiger charge is -2.21. The van der Waals surface area contributed by atoms with Gasteiger partial charge < -0.3 is 10.4 Å². The Morgan fingerprint density at radius 1 is 1.25 bits per heavy atom. The average molecular weight is 344 g/mol. The molecule has 0 saturated carbocycles. The SMILES string of the molecule is C[C@@]1(c2ccsc2)NC(=O)N(C[C@H](O)CCc2ccccc2)C1=O. The molecule has 0 aliphatic carbocycles. The number of aliphatic hydroxyl groups is 1. The molecule has 0 unspecified atom stereocenters. The van der Waals surface area contributed by atoms with Crippen LogP contribution in [-0.4, -0.2) is 34.6 Å². The maximum Gasteiger partial charge on any atom is 0.325 e. The van der Waals surface area contributed by atoms with Crippen molar-refractivity contribution in [3.63, 3.8) is 0 Å². The van der Waals surface area contributed by atoms with Gasteiger partial charge in [-0.15, -0.1) is 0 Å². The molecule has 2 aromatic rings. The second-order valence-electron chi connectivity index (χ2n) is 6.16. The molecule has 1 aliphatic rings. The third-order valence-corrected chi connectivity index (χ3v) is 5.06. The first kappa shape index (κ1) is 16.7. The molecule has 0 spiro atoms. The molecule has 126 valence electrons. The Labute approximate surface area is 144 Å². The summed E-state index contributed by atoms with van der Waals surface area (Å²) in [6.45, 7) is 1.71. The zero-order valence-electron chi connectivity index (χ0n) is 13.4. The van der Waals surface area contributed by atoms with Gasteiger partial charge in [-0.1, -0.05) is 30.3 Å². The van der Waals surface area contributed by atoms with Crippen LogP contribution in [0.2, 0.25) is 0 Å². The highest BCUT2D eigenvalue weighted by atomic mass is 32.1. The third kappa shape index (κ3) is 3.20. The fraction of sp³-hybridized carbons (Fsp3) is 0.333. The molecule has 1 fully saturated rings. The van der Waals surface area contributed by atoms with Gasteiger partial charge >= 0.3 is 6.03 Å². The van der Waals surface area contributed by atoms with Gasteiger partial charge in [0, 0.05) is 0 Å². The first-order valence-electron chi connectivity index (χ1n) is 7.89. The van der Waals surface area contributed by atoms with Gasteiger partial charge in [-0.2, -0.15) is 11.3 Å². The van der Waals surface area contributed by atoms with Crippen LogP contribution in [0.15, 0.2) is 47.2 Å². The van der Waals surface area contributed by atoms with E-state index in [2.05, 4.69) is 5.32 Å². The number of hydrogen-bond donors (Lipinski definition) is 2. The lowest BCUT2D eigenvalue weighted by atomic mass is 9.95. The predicted octanol–water partition coefficient (Wildman–Crippen LogP) is 2.51. The molecule has 0 bridgehead atoms. The molecule has 2 heterocycles. The fourth-order valence-electron chi connectivity index (χ4n) is 2.89. The van der Waals surface area contributed by atoms with E-state index in [0.717, 1.165) is 16.0 Å². The Balaban J connectivity index is 1.62. The molecule has 24 heavy (non-hydrogen) atoms. The van der Waals surface area contributed by atoms with Gasteiger partial charge in [0.25, 0.3) is 5.91 Å². The average Bonchev–Trinajstić information content (AvgIpc) is 3.19. The summed E-state index contributed by atoms with van der Waals surface area (Å²) in [5.74, 6) is -0.315. The van der Waals surface area contributed by atoms with Crippen LogP contribution in [0, 0.1) is 0 Å². The second-order valence-corrected chi connectivity index (χ2v) is 6.94. The first-order valence-corrected chi connectivity index (χ1v) is 8.84. The number of benzene rings is 1. The van der Waals surface area contributed by atoms with Crippen LogP contribution in [0.5, 0.6) is 0 Å². The molecule has 1 aromatic heterocycles. The van der Waals surface area contributed by atoms with Crippen molar-refractivity contribution in [3.05, 3.63) is 58.3 Å². The van der Waals surface area contributed by atoms with E-state index in [-0.39, 0.29) is 12.5 Å². The Morgan fingerprint density at radius 3 is 2.67 bits per heavy atom. The smallest absolute Gasteiger partial charge is 0.325 e. The van der Waals surface area contributed by atoms with E-state index in [4.69, 9.17) is 0 Å². The monoisotopic (exact) mass is 344 g/mol. The number of nitrogens with one attached hydrogen (secondary N) is 1. The van der Waals surface area contributed by atoms with Crippen molar-refractivity contribution in [3.8, 4) is 0 Å². The van der Waals surface area contributed by atoms with Crippen LogP contribution in [0.1, 0.15) is 24.5 Å². The van der Waals surface area contributed by atoms with Crippen LogP contribution in [0.3, 0.4) is 0 Å². The highest BCUT2D eigenvalue weighted by Crippen LogP contribution is 2.30. The van der Waals surface area contributed by atoms with Crippen molar-refractivity contribution in [2.45, 2.75) is 31.4 Å². The van der Waals surface area contributed by atoms with Crippen molar-refractivity contribution >= 4 is 23.3 Å². The van der Waals surface area contributed by atoms with Gasteiger partial charge in [0.2, 0.25) is 0 Å². The van der Waals surface area contributed by atoms with Crippen molar-refractivity contribution in [1.82, 2.24) is 10.2 Å². The maximum atomic E-state index is 12.7. The van der Waals surface area contributed by atoms with Crippen molar-refractivity contribution in [2.75, 3.05) is 6.54 Å². The van der Waals surface area contributed by atoms with Crippen molar-refractivity contribution in [2.24, 2.45) is 0 Å². The molecule has 3 amide bonds. The molecular formula is C18H20N2O3S. The summed E-state index contributed by atoms with van der Waals surface area (Å²) >= 11 is 1.48. The number of aliphatic hydroxyl groups excluding tert-OH is 1. The van der Waals surface area contributed by atoms with Crippen molar-refractivity contribution < 1.29 is 14.7 Å². The Kier molecular flexibility index (Phi) is 4.69. The minimum absolute atomic E-state index is 0.0111. The number of carbonyl (C=O) groups is 2. The van der Waals surface area contributed by atoms with E-state index in [1.54, 1.807) is 6.92 Å². The number of nitrogens with zero attached hydrogens (tertiary/aromatic N) is 1. The van der Waals surface area contributed by atoms with E-state index >= 15 is 0 Å². The highest BCUT2D eigenvalue weighted by Gasteiger charge is 2.49. The quantitative estimate of drug-likeness (QED) is 0.791. The largest absolute Gasteiger partial charge is 0.391 e. The van der Waals surface area contributed by atoms with E-state index in [1.165, 1.54) is 11.3 Å². The van der Waals surface area contributed by atoms with Crippen LogP contribution in [-0.2, 0) is 16.8 Å². The van der Waals surface area contributed by atoms with Gasteiger partial charge in [-0.3, -0.25) is 9.69 Å². The number of carbonyl (C=O) groups excluding carboxylic acids is 2. The summed E-state index contributed by atoms with van der Waals surface area (Å²) in [7, 11) is 0. The minimum atomic E-state index is -1.05. The summed E-state index contributed by atoms with van der Waals surface area (Å²) in [6, 6.07) is 11.2. The van der Waals surface area contributed by atoms with E-state index in [0.29, 0.717) is 12.8 Å². The summed E-state index contributed by atoms with van der Waals surface area (Å²) in [4.78, 5) is 26.0. The maximum absolute atomic E-state index is 12.7. The number of aryl methyl sites for hydroxylation is 1. The Morgan fingerprint density at radius 2 is 2.00 bits per heavy atom. The highest BCUT2D eigenvalue weighted by molar-refractivity contribution is 7.08. The number of hydrogen-bond acceptors (Lipinski definition) is 4. The molecular weight excluding hydrogens is 324 g/mol. The Hall–Kier alpha value is -2.18. The Bertz CT molecular complexity index is 717. The van der Waals surface area contributed by atoms with E-state index < -0.39 is 17.7 Å². The van der Waals surface area contributed by atoms with E-state index in [1.807, 2.05) is 47.2 Å². The third-order valence-electron chi connectivity index (χ3n) is 4.38. The van der Waals surface area contributed by atoms with E-state index in [9.17, 15) is 14.7 Å². The summed E-state index contributed by atoms with van der Waals surface area (Å²) in [5, 5.41) is 16.7. The number of amides is 3. The summed E-state index contributed by atoms with van der Waals surface area (Å²) in [6.07, 6.45) is 0.452. The minimum Gasteiger partial charge on any atom is -0.391 e. The normalized spacial score (nSPS) is 21.8. The van der Waals surface area contributed by atoms with Gasteiger partial charge in [0.1, 0.15) is 5.54 Å². The number of rotatable bonds is 6.